The van der Waals surface area contributed by atoms with E-state index >= 15 is 0 Å². The molecule has 135 heavy (non-hydrogen) atoms. The smallest absolute Gasteiger partial charge is 0.184 e. The molecule has 5 atom stereocenters. The predicted molar refractivity (Wildman–Crippen MR) is 558 cm³/mol. The van der Waals surface area contributed by atoms with Crippen molar-refractivity contribution < 1.29 is 77.8 Å². The maximum absolute atomic E-state index is 11.5. The number of aromatic hydroxyl groups is 1. The highest BCUT2D eigenvalue weighted by molar-refractivity contribution is 9.11. The highest BCUT2D eigenvalue weighted by Gasteiger charge is 2.31. The van der Waals surface area contributed by atoms with Gasteiger partial charge in [-0.25, -0.2) is 0 Å². The van der Waals surface area contributed by atoms with E-state index in [0.717, 1.165) is 110 Å². The third kappa shape index (κ3) is 36.9. The number of ketones is 2. The van der Waals surface area contributed by atoms with Crippen molar-refractivity contribution in [3.05, 3.63) is 491 Å². The average Bonchev–Trinajstić information content (AvgIpc) is 1.73. The Hall–Kier alpha value is -10.9. The molecule has 1 heterocycles. The summed E-state index contributed by atoms with van der Waals surface area (Å²) in [6.45, 7) is 12.2. The van der Waals surface area contributed by atoms with Crippen LogP contribution in [0.25, 0.3) is 6.08 Å². The van der Waals surface area contributed by atoms with E-state index < -0.39 is 18.3 Å². The zero-order chi connectivity index (χ0) is 96.1. The van der Waals surface area contributed by atoms with E-state index in [4.69, 9.17) is 47.7 Å². The van der Waals surface area contributed by atoms with Gasteiger partial charge in [0.25, 0.3) is 0 Å². The quantitative estimate of drug-likeness (QED) is 0.0255. The number of hydrogen-bond donors (Lipinski definition) is 5. The van der Waals surface area contributed by atoms with Gasteiger partial charge in [-0.1, -0.05) is 397 Å². The zero-order valence-corrected chi connectivity index (χ0v) is 85.4. The summed E-state index contributed by atoms with van der Waals surface area (Å²) in [6, 6.07) is 119. The number of ether oxygens (including phenoxy) is 9. The molecule has 1 fully saturated rings. The molecule has 0 aromatic heterocycles. The van der Waals surface area contributed by atoms with Crippen LogP contribution in [-0.2, 0) is 60.5 Å². The van der Waals surface area contributed by atoms with Crippen LogP contribution in [0, 0.1) is 0 Å². The lowest BCUT2D eigenvalue weighted by atomic mass is 10.1. The molecule has 1 aliphatic rings. The molecule has 0 amide bonds. The molecule has 1 aliphatic heterocycles. The molecule has 0 saturated carbocycles. The zero-order valence-electron chi connectivity index (χ0n) is 74.3. The summed E-state index contributed by atoms with van der Waals surface area (Å²) in [5.74, 6) is 4.10. The highest BCUT2D eigenvalue weighted by atomic mass is 79.9. The Balaban J connectivity index is 0.000000165. The van der Waals surface area contributed by atoms with Gasteiger partial charge in [0.1, 0.15) is 98.2 Å². The molecule has 0 bridgehead atoms. The van der Waals surface area contributed by atoms with E-state index in [1.807, 2.05) is 322 Å². The van der Waals surface area contributed by atoms with Gasteiger partial charge in [0.2, 0.25) is 0 Å². The van der Waals surface area contributed by atoms with Gasteiger partial charge in [-0.2, -0.15) is 0 Å². The fraction of sp³-hybridized carbons (Fsp3) is 0.161. The van der Waals surface area contributed by atoms with E-state index in [1.165, 1.54) is 13.0 Å². The third-order valence-electron chi connectivity index (χ3n) is 20.0. The van der Waals surface area contributed by atoms with E-state index in [1.54, 1.807) is 50.3 Å². The first kappa shape index (κ1) is 106. The normalized spacial score (nSPS) is 12.8. The molecule has 696 valence electrons. The SMILES string of the molecule is Brc1ccc(C2COC(c3ccccc3)O2)c(OCc2ccccc2)c1.C=Cc1ccc(Br)cc1OCc1ccccc1.CC(=O)c1ccc(Br)cc1O.CC(=O)c1ccc(Br)cc1OCc1ccccc1.CC(O)c1ccc(Br)cc1OCc1ccccc1.OC(COCc1ccccc1)c1ccc(Br)cc1OCc1ccccc1.OCC(O)c1ccc(Br)cc1OCc1ccccc1. The Morgan fingerprint density at radius 2 is 0.667 bits per heavy atom. The molecule has 5 unspecified atom stereocenters. The first-order valence-electron chi connectivity index (χ1n) is 42.9. The second-order valence-electron chi connectivity index (χ2n) is 30.3. The van der Waals surface area contributed by atoms with Crippen LogP contribution in [0.2, 0.25) is 0 Å². The monoisotopic (exact) mass is 2260 g/mol. The number of aliphatic hydroxyl groups excluding tert-OH is 4. The fourth-order valence-corrected chi connectivity index (χ4v) is 15.4. The van der Waals surface area contributed by atoms with Gasteiger partial charge in [0.05, 0.1) is 43.7 Å². The highest BCUT2D eigenvalue weighted by Crippen LogP contribution is 2.41. The van der Waals surface area contributed by atoms with E-state index in [2.05, 4.69) is 130 Å². The van der Waals surface area contributed by atoms with Crippen molar-refractivity contribution in [2.24, 2.45) is 0 Å². The van der Waals surface area contributed by atoms with Crippen molar-refractivity contribution >= 4 is 129 Å². The van der Waals surface area contributed by atoms with Crippen molar-refractivity contribution in [2.45, 2.75) is 97.7 Å². The Morgan fingerprint density at radius 1 is 0.363 bits per heavy atom. The Labute approximate surface area is 848 Å². The minimum Gasteiger partial charge on any atom is -0.507 e. The van der Waals surface area contributed by atoms with E-state index in [-0.39, 0.29) is 42.9 Å². The molecule has 16 rings (SSSR count). The maximum Gasteiger partial charge on any atom is 0.184 e. The molecule has 15 aromatic rings. The van der Waals surface area contributed by atoms with Crippen molar-refractivity contribution in [3.63, 3.8) is 0 Å². The van der Waals surface area contributed by atoms with Gasteiger partial charge in [-0.3, -0.25) is 9.59 Å². The van der Waals surface area contributed by atoms with Crippen molar-refractivity contribution in [1.29, 1.82) is 0 Å². The molecule has 1 saturated heterocycles. The van der Waals surface area contributed by atoms with Crippen LogP contribution < -0.4 is 28.4 Å². The lowest BCUT2D eigenvalue weighted by Gasteiger charge is -2.17. The molecule has 16 nitrogen and oxygen atoms in total. The van der Waals surface area contributed by atoms with Crippen molar-refractivity contribution in [1.82, 2.24) is 0 Å². The number of carbonyl (C=O) groups is 2. The van der Waals surface area contributed by atoms with Crippen LogP contribution in [0.3, 0.4) is 0 Å². The molecule has 0 radical (unpaired) electrons. The average molecular weight is 2260 g/mol. The summed E-state index contributed by atoms with van der Waals surface area (Å²) in [5.41, 5.74) is 13.8. The van der Waals surface area contributed by atoms with E-state index in [9.17, 15) is 30.0 Å². The lowest BCUT2D eigenvalue weighted by Crippen LogP contribution is -2.09. The molecule has 5 N–H and O–H groups in total. The van der Waals surface area contributed by atoms with Gasteiger partial charge in [-0.05, 0) is 157 Å². The standard InChI is InChI=1S/C22H19BrO3.C22H21BrO3.C15H15BrO3.C15H15BrO2.C15H13BrO2.C15H13BrO.C8H7BrO2/c23-18-11-12-19(20(13-18)24-14-16-7-3-1-4-8-16)21-15-25-22(26-21)17-9-5-2-6-10-17;23-19-11-12-20(21(24)16-25-14-17-7-3-1-4-8-17)22(13-19)26-15-18-9-5-2-6-10-18;16-12-6-7-13(14(18)9-17)15(8-12)19-10-11-4-2-1-3-5-11;2*1-11(17)14-8-7-13(16)9-15(14)18-10-12-5-3-2-4-6-12;1-2-13-8-9-14(16)10-15(13)17-11-12-6-4-3-5-7-12;1-5(10)7-3-2-6(9)4-8(7)11/h1-13,21-22H,14-15H2;1-13,21,24H,14-16H2;1-8,14,17-18H,9-10H2;2-9,11,17H,10H2,1H3;2-9H,10H2,1H3;2-10H,1,11H2;2-4,11H,1H3. The first-order valence-corrected chi connectivity index (χ1v) is 48.5. The van der Waals surface area contributed by atoms with Crippen LogP contribution in [-0.4, -0.2) is 56.9 Å². The second kappa shape index (κ2) is 57.8. The lowest BCUT2D eigenvalue weighted by molar-refractivity contribution is -0.0610. The molecule has 23 heteroatoms. The number of phenolic OH excluding ortho intramolecular Hbond substituents is 1. The number of hydrogen-bond acceptors (Lipinski definition) is 16. The van der Waals surface area contributed by atoms with Crippen molar-refractivity contribution in [2.75, 3.05) is 19.8 Å². The summed E-state index contributed by atoms with van der Waals surface area (Å²) < 4.78 is 59.1. The summed E-state index contributed by atoms with van der Waals surface area (Å²) in [5, 5.41) is 48.3. The Bertz CT molecular complexity index is 6100. The molecular formula is C112H103Br7O16. The van der Waals surface area contributed by atoms with Crippen LogP contribution in [0.1, 0.15) is 145 Å². The number of rotatable bonds is 31. The minimum atomic E-state index is -0.932. The number of Topliss-reactive ketones (excluding diaryl/α,β-unsaturated/α-hetero) is 2. The first-order chi connectivity index (χ1) is 65.4. The maximum atomic E-state index is 11.5. The van der Waals surface area contributed by atoms with Crippen molar-refractivity contribution in [3.8, 4) is 40.2 Å². The Morgan fingerprint density at radius 3 is 1.05 bits per heavy atom. The summed E-state index contributed by atoms with van der Waals surface area (Å²) in [4.78, 5) is 22.3. The fourth-order valence-electron chi connectivity index (χ4n) is 13.0. The molecule has 0 spiro atoms. The van der Waals surface area contributed by atoms with Crippen LogP contribution in [0.4, 0.5) is 0 Å². The number of halogens is 7. The second-order valence-corrected chi connectivity index (χ2v) is 36.7. The van der Waals surface area contributed by atoms with Crippen LogP contribution >= 0.6 is 112 Å². The largest absolute Gasteiger partial charge is 0.507 e. The number of phenols is 1. The van der Waals surface area contributed by atoms with Gasteiger partial charge in [-0.15, -0.1) is 0 Å². The Kier molecular flexibility index (Phi) is 45.5. The molecule has 0 aliphatic carbocycles. The number of benzene rings is 15. The van der Waals surface area contributed by atoms with Crippen LogP contribution in [0.15, 0.2) is 408 Å². The third-order valence-corrected chi connectivity index (χ3v) is 23.5. The summed E-state index contributed by atoms with van der Waals surface area (Å²) >= 11 is 23.8. The summed E-state index contributed by atoms with van der Waals surface area (Å²) in [6.07, 6.45) is -0.918. The van der Waals surface area contributed by atoms with Crippen LogP contribution in [0.5, 0.6) is 40.2 Å². The van der Waals surface area contributed by atoms with Gasteiger partial charge < -0.3 is 68.2 Å². The van der Waals surface area contributed by atoms with E-state index in [0.29, 0.717) is 92.5 Å². The van der Waals surface area contributed by atoms with Gasteiger partial charge in [0.15, 0.2) is 17.9 Å². The number of carbonyl (C=O) groups excluding carboxylic acids is 2. The van der Waals surface area contributed by atoms with Gasteiger partial charge >= 0.3 is 0 Å². The minimum absolute atomic E-state index is 0.00515. The number of aliphatic hydroxyl groups is 4. The predicted octanol–water partition coefficient (Wildman–Crippen LogP) is 29.5. The molecule has 15 aromatic carbocycles. The summed E-state index contributed by atoms with van der Waals surface area (Å²) in [7, 11) is 0. The topological polar surface area (TPSA) is 218 Å². The molecular weight excluding hydrogens is 2160 g/mol. The van der Waals surface area contributed by atoms with Gasteiger partial charge in [0, 0.05) is 64.7 Å².